The van der Waals surface area contributed by atoms with Crippen LogP contribution in [-0.4, -0.2) is 16.6 Å². The van der Waals surface area contributed by atoms with Gasteiger partial charge in [0, 0.05) is 30.6 Å². The molecule has 12 heavy (non-hydrogen) atoms. The summed E-state index contributed by atoms with van der Waals surface area (Å²) in [5.41, 5.74) is 7.62. The molecule has 0 bridgehead atoms. The van der Waals surface area contributed by atoms with E-state index in [1.165, 1.54) is 4.68 Å². The van der Waals surface area contributed by atoms with Crippen LogP contribution in [-0.2, 0) is 6.42 Å². The Hall–Kier alpha value is -1.29. The molecule has 0 aromatic carbocycles. The van der Waals surface area contributed by atoms with Crippen molar-refractivity contribution in [3.63, 3.8) is 0 Å². The summed E-state index contributed by atoms with van der Waals surface area (Å²) in [6.45, 7) is 1.90. The lowest BCUT2D eigenvalue weighted by Crippen LogP contribution is -2.38. The number of nitrogens with two attached hydrogens (primary N) is 2. The van der Waals surface area contributed by atoms with Crippen molar-refractivity contribution in [2.45, 2.75) is 19.0 Å². The number of aromatic nitrogens is 1. The van der Waals surface area contributed by atoms with E-state index in [-0.39, 0.29) is 0 Å². The van der Waals surface area contributed by atoms with E-state index >= 15 is 0 Å². The van der Waals surface area contributed by atoms with Crippen molar-refractivity contribution in [1.82, 2.24) is 4.68 Å². The molecule has 1 aromatic heterocycles. The van der Waals surface area contributed by atoms with Crippen molar-refractivity contribution in [1.29, 1.82) is 0 Å². The molecular weight excluding hydrogens is 152 g/mol. The van der Waals surface area contributed by atoms with Gasteiger partial charge in [-0.05, 0) is 12.5 Å². The van der Waals surface area contributed by atoms with E-state index in [0.717, 1.165) is 17.5 Å². The van der Waals surface area contributed by atoms with Crippen molar-refractivity contribution in [3.8, 4) is 0 Å². The van der Waals surface area contributed by atoms with Gasteiger partial charge in [0.1, 0.15) is 5.66 Å². The Morgan fingerprint density at radius 1 is 1.58 bits per heavy atom. The molecule has 64 valence electrons. The molecule has 0 radical (unpaired) electrons. The average molecular weight is 164 g/mol. The van der Waals surface area contributed by atoms with Crippen LogP contribution in [0, 0.1) is 0 Å². The third-order valence-corrected chi connectivity index (χ3v) is 2.01. The van der Waals surface area contributed by atoms with Crippen molar-refractivity contribution in [2.75, 3.05) is 5.84 Å². The van der Waals surface area contributed by atoms with Gasteiger partial charge in [0.25, 0.3) is 0 Å². The lowest BCUT2D eigenvalue weighted by molar-refractivity contribution is 0.487. The first-order chi connectivity index (χ1) is 5.57. The molecule has 1 atom stereocenters. The fourth-order valence-corrected chi connectivity index (χ4v) is 1.45. The van der Waals surface area contributed by atoms with Gasteiger partial charge in [-0.15, -0.1) is 0 Å². The molecule has 0 spiro atoms. The molecule has 1 unspecified atom stereocenters. The van der Waals surface area contributed by atoms with Crippen LogP contribution in [0.5, 0.6) is 0 Å². The van der Waals surface area contributed by atoms with Crippen molar-refractivity contribution < 1.29 is 0 Å². The lowest BCUT2D eigenvalue weighted by atomic mass is 9.99. The maximum absolute atomic E-state index is 5.85. The van der Waals surface area contributed by atoms with E-state index in [9.17, 15) is 0 Å². The van der Waals surface area contributed by atoms with Crippen molar-refractivity contribution >= 4 is 6.21 Å². The highest BCUT2D eigenvalue weighted by Gasteiger charge is 2.23. The van der Waals surface area contributed by atoms with E-state index < -0.39 is 5.66 Å². The van der Waals surface area contributed by atoms with Crippen molar-refractivity contribution in [2.24, 2.45) is 10.7 Å². The van der Waals surface area contributed by atoms with Crippen LogP contribution < -0.4 is 11.6 Å². The number of hydrogen-bond donors (Lipinski definition) is 2. The Balaban J connectivity index is 2.45. The number of fused-ring (bicyclic) bond motifs is 1. The van der Waals surface area contributed by atoms with Gasteiger partial charge >= 0.3 is 0 Å². The normalized spacial score (nSPS) is 27.2. The van der Waals surface area contributed by atoms with Crippen molar-refractivity contribution in [3.05, 3.63) is 23.5 Å². The van der Waals surface area contributed by atoms with Gasteiger partial charge < -0.3 is 11.6 Å². The highest BCUT2D eigenvalue weighted by molar-refractivity contribution is 5.83. The average Bonchev–Trinajstić information content (AvgIpc) is 2.26. The minimum absolute atomic E-state index is 0.464. The largest absolute Gasteiger partial charge is 0.340 e. The van der Waals surface area contributed by atoms with Gasteiger partial charge in [-0.1, -0.05) is 0 Å². The number of rotatable bonds is 0. The maximum Gasteiger partial charge on any atom is 0.109 e. The zero-order valence-corrected chi connectivity index (χ0v) is 6.99. The second-order valence-corrected chi connectivity index (χ2v) is 3.48. The second kappa shape index (κ2) is 2.10. The third kappa shape index (κ3) is 1.10. The summed E-state index contributed by atoms with van der Waals surface area (Å²) in [6, 6.07) is 0. The predicted molar refractivity (Wildman–Crippen MR) is 48.5 cm³/mol. The van der Waals surface area contributed by atoms with Crippen LogP contribution >= 0.6 is 0 Å². The molecule has 0 saturated heterocycles. The van der Waals surface area contributed by atoms with Crippen LogP contribution in [0.2, 0.25) is 0 Å². The zero-order valence-electron chi connectivity index (χ0n) is 6.99. The van der Waals surface area contributed by atoms with E-state index in [0.29, 0.717) is 0 Å². The highest BCUT2D eigenvalue weighted by Crippen LogP contribution is 2.20. The molecule has 2 heterocycles. The van der Waals surface area contributed by atoms with Gasteiger partial charge in [0.15, 0.2) is 0 Å². The Morgan fingerprint density at radius 2 is 2.33 bits per heavy atom. The maximum atomic E-state index is 5.85. The first-order valence-electron chi connectivity index (χ1n) is 3.87. The Bertz CT molecular complexity index is 335. The Labute approximate surface area is 70.8 Å². The number of hydrogen-bond acceptors (Lipinski definition) is 3. The Kier molecular flexibility index (Phi) is 1.29. The van der Waals surface area contributed by atoms with Crippen LogP contribution in [0.15, 0.2) is 17.4 Å². The third-order valence-electron chi connectivity index (χ3n) is 2.01. The minimum Gasteiger partial charge on any atom is -0.340 e. The molecule has 1 aliphatic heterocycles. The zero-order chi connectivity index (χ0) is 8.77. The molecular formula is C8H12N4. The minimum atomic E-state index is -0.464. The number of aliphatic imine (C=N–C) groups is 1. The van der Waals surface area contributed by atoms with E-state index in [1.54, 1.807) is 6.21 Å². The molecule has 2 rings (SSSR count). The van der Waals surface area contributed by atoms with Gasteiger partial charge in [-0.25, -0.2) is 0 Å². The summed E-state index contributed by atoms with van der Waals surface area (Å²) >= 11 is 0. The Morgan fingerprint density at radius 3 is 3.08 bits per heavy atom. The molecule has 4 heteroatoms. The fraction of sp³-hybridized carbons (Fsp3) is 0.375. The molecule has 0 fully saturated rings. The van der Waals surface area contributed by atoms with Gasteiger partial charge in [-0.2, -0.15) is 0 Å². The molecule has 1 aliphatic rings. The quantitative estimate of drug-likeness (QED) is 0.524. The summed E-state index contributed by atoms with van der Waals surface area (Å²) in [5, 5.41) is 0. The number of nitrogen functional groups attached to an aromatic ring is 1. The van der Waals surface area contributed by atoms with E-state index in [2.05, 4.69) is 4.99 Å². The van der Waals surface area contributed by atoms with Crippen LogP contribution in [0.4, 0.5) is 0 Å². The van der Waals surface area contributed by atoms with E-state index in [4.69, 9.17) is 11.6 Å². The molecule has 0 amide bonds. The number of nitrogens with zero attached hydrogens (tertiary/aromatic N) is 2. The molecule has 4 nitrogen and oxygen atoms in total. The summed E-state index contributed by atoms with van der Waals surface area (Å²) in [5.74, 6) is 5.56. The topological polar surface area (TPSA) is 69.3 Å². The lowest BCUT2D eigenvalue weighted by Gasteiger charge is -2.22. The SMILES string of the molecule is CC1(N)Cc2cn(N)cc2C=N1. The highest BCUT2D eigenvalue weighted by atomic mass is 15.3. The first-order valence-corrected chi connectivity index (χ1v) is 3.87. The van der Waals surface area contributed by atoms with Gasteiger partial charge in [0.05, 0.1) is 0 Å². The van der Waals surface area contributed by atoms with E-state index in [1.807, 2.05) is 19.3 Å². The van der Waals surface area contributed by atoms with Gasteiger partial charge in [0.2, 0.25) is 0 Å². The van der Waals surface area contributed by atoms with Crippen LogP contribution in [0.25, 0.3) is 0 Å². The molecule has 1 aromatic rings. The summed E-state index contributed by atoms with van der Waals surface area (Å²) in [6.07, 6.45) is 6.25. The second-order valence-electron chi connectivity index (χ2n) is 3.48. The molecule has 0 saturated carbocycles. The molecule has 0 aliphatic carbocycles. The monoisotopic (exact) mass is 164 g/mol. The van der Waals surface area contributed by atoms with Gasteiger partial charge in [-0.3, -0.25) is 9.67 Å². The molecule has 4 N–H and O–H groups in total. The standard InChI is InChI=1S/C8H12N4/c1-8(9)2-6-4-12(10)5-7(6)3-11-8/h3-5H,2,9-10H2,1H3. The first kappa shape index (κ1) is 7.36. The summed E-state index contributed by atoms with van der Waals surface area (Å²) in [7, 11) is 0. The summed E-state index contributed by atoms with van der Waals surface area (Å²) in [4.78, 5) is 4.20. The fourth-order valence-electron chi connectivity index (χ4n) is 1.45. The summed E-state index contributed by atoms with van der Waals surface area (Å²) < 4.78 is 1.54. The van der Waals surface area contributed by atoms with Crippen LogP contribution in [0.1, 0.15) is 18.1 Å². The predicted octanol–water partition coefficient (Wildman–Crippen LogP) is -0.148. The van der Waals surface area contributed by atoms with Crippen LogP contribution in [0.3, 0.4) is 0 Å². The smallest absolute Gasteiger partial charge is 0.109 e.